The lowest BCUT2D eigenvalue weighted by atomic mass is 9.92. The number of aliphatic carboxylic acids is 1. The van der Waals surface area contributed by atoms with Crippen LogP contribution in [-0.2, 0) is 20.8 Å². The van der Waals surface area contributed by atoms with E-state index in [2.05, 4.69) is 17.1 Å². The van der Waals surface area contributed by atoms with Crippen LogP contribution >= 0.6 is 0 Å². The summed E-state index contributed by atoms with van der Waals surface area (Å²) in [6, 6.07) is 19.6. The molecule has 7 nitrogen and oxygen atoms in total. The molecule has 29 heavy (non-hydrogen) atoms. The number of nitrogens with two attached hydrogens (primary N) is 1. The Morgan fingerprint density at radius 3 is 2.34 bits per heavy atom. The van der Waals surface area contributed by atoms with E-state index in [1.165, 1.54) is 0 Å². The maximum absolute atomic E-state index is 10.8. The quantitative estimate of drug-likeness (QED) is 0.406. The molecule has 0 aliphatic rings. The van der Waals surface area contributed by atoms with Crippen LogP contribution in [0.1, 0.15) is 17.2 Å². The molecule has 2 aromatic carbocycles. The standard InChI is InChI=1S/C22H23N3O4/c23-29-20(14-28-15-21(26)27)22(18-9-5-2-6-10-18)19(25-12-11-24-16-25)13-17-7-3-1-4-8-17/h1-12,16,19H,13-15,23H2,(H,26,27)/b22-20+. The van der Waals surface area contributed by atoms with Gasteiger partial charge in [0.2, 0.25) is 0 Å². The Labute approximate surface area is 169 Å². The van der Waals surface area contributed by atoms with Gasteiger partial charge in [-0.25, -0.2) is 9.78 Å². The summed E-state index contributed by atoms with van der Waals surface area (Å²) >= 11 is 0. The van der Waals surface area contributed by atoms with Crippen LogP contribution in [-0.4, -0.2) is 33.8 Å². The van der Waals surface area contributed by atoms with Gasteiger partial charge in [0.15, 0.2) is 5.76 Å². The lowest BCUT2D eigenvalue weighted by Crippen LogP contribution is -2.19. The van der Waals surface area contributed by atoms with E-state index in [1.54, 1.807) is 12.5 Å². The minimum atomic E-state index is -1.06. The molecule has 0 amide bonds. The largest absolute Gasteiger partial charge is 0.480 e. The molecule has 3 rings (SSSR count). The highest BCUT2D eigenvalue weighted by Gasteiger charge is 2.24. The van der Waals surface area contributed by atoms with Gasteiger partial charge in [-0.2, -0.15) is 5.90 Å². The van der Waals surface area contributed by atoms with E-state index in [-0.39, 0.29) is 12.6 Å². The van der Waals surface area contributed by atoms with Gasteiger partial charge in [0.1, 0.15) is 13.2 Å². The topological polar surface area (TPSA) is 99.6 Å². The molecular weight excluding hydrogens is 370 g/mol. The molecule has 0 saturated carbocycles. The van der Waals surface area contributed by atoms with Crippen LogP contribution in [0.3, 0.4) is 0 Å². The Morgan fingerprint density at radius 2 is 1.76 bits per heavy atom. The molecule has 0 aliphatic carbocycles. The number of hydrogen-bond donors (Lipinski definition) is 2. The average Bonchev–Trinajstić information content (AvgIpc) is 3.28. The second-order valence-electron chi connectivity index (χ2n) is 6.42. The smallest absolute Gasteiger partial charge is 0.329 e. The van der Waals surface area contributed by atoms with E-state index in [0.717, 1.165) is 16.7 Å². The zero-order valence-corrected chi connectivity index (χ0v) is 15.8. The van der Waals surface area contributed by atoms with Gasteiger partial charge in [-0.3, -0.25) is 0 Å². The number of carbonyl (C=O) groups is 1. The fourth-order valence-corrected chi connectivity index (χ4v) is 3.21. The number of nitrogens with zero attached hydrogens (tertiary/aromatic N) is 2. The molecule has 0 aliphatic heterocycles. The zero-order valence-electron chi connectivity index (χ0n) is 15.8. The molecule has 0 radical (unpaired) electrons. The van der Waals surface area contributed by atoms with Crippen LogP contribution < -0.4 is 5.90 Å². The van der Waals surface area contributed by atoms with Crippen molar-refractivity contribution in [3.8, 4) is 0 Å². The Balaban J connectivity index is 2.07. The molecule has 7 heteroatoms. The molecule has 0 saturated heterocycles. The maximum atomic E-state index is 10.8. The first-order chi connectivity index (χ1) is 14.2. The number of carboxylic acids is 1. The summed E-state index contributed by atoms with van der Waals surface area (Å²) in [6.45, 7) is -0.504. The van der Waals surface area contributed by atoms with Gasteiger partial charge in [-0.15, -0.1) is 0 Å². The number of rotatable bonds is 10. The van der Waals surface area contributed by atoms with Gasteiger partial charge < -0.3 is 19.2 Å². The van der Waals surface area contributed by atoms with E-state index in [1.807, 2.05) is 59.3 Å². The number of allylic oxidation sites excluding steroid dienone is 1. The second-order valence-corrected chi connectivity index (χ2v) is 6.42. The third-order valence-corrected chi connectivity index (χ3v) is 4.48. The normalized spacial score (nSPS) is 12.9. The third kappa shape index (κ3) is 5.54. The molecular formula is C22H23N3O4. The highest BCUT2D eigenvalue weighted by molar-refractivity contribution is 5.71. The highest BCUT2D eigenvalue weighted by atomic mass is 16.6. The number of hydrogen-bond acceptors (Lipinski definition) is 5. The molecule has 0 spiro atoms. The SMILES string of the molecule is NO/C(COCC(=O)O)=C(\c1ccccc1)C(Cc1ccccc1)n1ccnc1. The Hall–Kier alpha value is -3.42. The van der Waals surface area contributed by atoms with E-state index in [4.69, 9.17) is 20.6 Å². The van der Waals surface area contributed by atoms with Crippen LogP contribution in [0, 0.1) is 0 Å². The number of benzene rings is 2. The first-order valence-electron chi connectivity index (χ1n) is 9.15. The van der Waals surface area contributed by atoms with Gasteiger partial charge in [-0.05, 0) is 17.5 Å². The fraction of sp³-hybridized carbons (Fsp3) is 0.182. The Bertz CT molecular complexity index is 925. The lowest BCUT2D eigenvalue weighted by Gasteiger charge is -2.25. The lowest BCUT2D eigenvalue weighted by molar-refractivity contribution is -0.142. The predicted octanol–water partition coefficient (Wildman–Crippen LogP) is 3.07. The Morgan fingerprint density at radius 1 is 1.07 bits per heavy atom. The molecule has 0 fully saturated rings. The monoisotopic (exact) mass is 393 g/mol. The minimum Gasteiger partial charge on any atom is -0.480 e. The first kappa shape index (κ1) is 20.3. The Kier molecular flexibility index (Phi) is 7.16. The molecule has 1 atom stereocenters. The van der Waals surface area contributed by atoms with Crippen molar-refractivity contribution in [2.24, 2.45) is 5.90 Å². The summed E-state index contributed by atoms with van der Waals surface area (Å²) in [6.07, 6.45) is 5.99. The molecule has 1 heterocycles. The first-order valence-corrected chi connectivity index (χ1v) is 9.15. The van der Waals surface area contributed by atoms with Gasteiger partial charge >= 0.3 is 5.97 Å². The molecule has 1 unspecified atom stereocenters. The third-order valence-electron chi connectivity index (χ3n) is 4.48. The predicted molar refractivity (Wildman–Crippen MR) is 108 cm³/mol. The van der Waals surface area contributed by atoms with Crippen LogP contribution in [0.4, 0.5) is 0 Å². The minimum absolute atomic E-state index is 0.0625. The van der Waals surface area contributed by atoms with E-state index in [0.29, 0.717) is 12.2 Å². The number of imidazole rings is 1. The summed E-state index contributed by atoms with van der Waals surface area (Å²) in [5.41, 5.74) is 2.84. The molecule has 1 aromatic heterocycles. The highest BCUT2D eigenvalue weighted by Crippen LogP contribution is 2.34. The van der Waals surface area contributed by atoms with E-state index < -0.39 is 12.6 Å². The number of carboxylic acid groups (broad SMARTS) is 1. The summed E-state index contributed by atoms with van der Waals surface area (Å²) in [5, 5.41) is 8.88. The number of ether oxygens (including phenoxy) is 1. The molecule has 3 aromatic rings. The summed E-state index contributed by atoms with van der Waals surface area (Å²) in [5.74, 6) is 4.91. The van der Waals surface area contributed by atoms with Crippen molar-refractivity contribution in [2.75, 3.05) is 13.2 Å². The van der Waals surface area contributed by atoms with Crippen molar-refractivity contribution in [3.05, 3.63) is 96.3 Å². The van der Waals surface area contributed by atoms with Crippen molar-refractivity contribution in [1.29, 1.82) is 0 Å². The summed E-state index contributed by atoms with van der Waals surface area (Å²) < 4.78 is 7.26. The van der Waals surface area contributed by atoms with Crippen LogP contribution in [0.2, 0.25) is 0 Å². The zero-order chi connectivity index (χ0) is 20.5. The van der Waals surface area contributed by atoms with Crippen molar-refractivity contribution in [1.82, 2.24) is 9.55 Å². The van der Waals surface area contributed by atoms with Gasteiger partial charge in [0, 0.05) is 18.0 Å². The second kappa shape index (κ2) is 10.2. The van der Waals surface area contributed by atoms with Gasteiger partial charge in [0.05, 0.1) is 12.4 Å². The fourth-order valence-electron chi connectivity index (χ4n) is 3.21. The molecule has 0 bridgehead atoms. The van der Waals surface area contributed by atoms with Crippen molar-refractivity contribution in [3.63, 3.8) is 0 Å². The van der Waals surface area contributed by atoms with Gasteiger partial charge in [0.25, 0.3) is 0 Å². The molecule has 3 N–H and O–H groups in total. The average molecular weight is 393 g/mol. The number of aromatic nitrogens is 2. The summed E-state index contributed by atoms with van der Waals surface area (Å²) in [7, 11) is 0. The van der Waals surface area contributed by atoms with Crippen LogP contribution in [0.5, 0.6) is 0 Å². The van der Waals surface area contributed by atoms with E-state index >= 15 is 0 Å². The van der Waals surface area contributed by atoms with Crippen LogP contribution in [0.15, 0.2) is 85.1 Å². The van der Waals surface area contributed by atoms with Crippen molar-refractivity contribution >= 4 is 11.5 Å². The van der Waals surface area contributed by atoms with Crippen LogP contribution in [0.25, 0.3) is 5.57 Å². The van der Waals surface area contributed by atoms with Crippen molar-refractivity contribution < 1.29 is 19.5 Å². The van der Waals surface area contributed by atoms with E-state index in [9.17, 15) is 4.79 Å². The summed E-state index contributed by atoms with van der Waals surface area (Å²) in [4.78, 5) is 20.2. The van der Waals surface area contributed by atoms with Gasteiger partial charge in [-0.1, -0.05) is 60.7 Å². The maximum Gasteiger partial charge on any atom is 0.329 e. The van der Waals surface area contributed by atoms with Crippen molar-refractivity contribution in [2.45, 2.75) is 12.5 Å². The molecule has 150 valence electrons.